The molecular formula is C16H22N2O3S. The number of amides is 1. The molecule has 1 N–H and O–H groups in total. The summed E-state index contributed by atoms with van der Waals surface area (Å²) < 4.78 is 5.89. The van der Waals surface area contributed by atoms with Gasteiger partial charge < -0.3 is 14.7 Å². The topological polar surface area (TPSA) is 62.7 Å². The first-order valence-electron chi connectivity index (χ1n) is 7.76. The fraction of sp³-hybridized carbons (Fsp3) is 0.625. The van der Waals surface area contributed by atoms with Crippen molar-refractivity contribution in [1.82, 2.24) is 9.88 Å². The van der Waals surface area contributed by atoms with E-state index in [1.165, 1.54) is 11.8 Å². The summed E-state index contributed by atoms with van der Waals surface area (Å²) in [5, 5.41) is 11.0. The molecule has 1 unspecified atom stereocenters. The zero-order valence-corrected chi connectivity index (χ0v) is 13.6. The number of pyridine rings is 1. The number of piperidine rings is 1. The molecule has 1 aromatic heterocycles. The van der Waals surface area contributed by atoms with Gasteiger partial charge in [-0.05, 0) is 44.1 Å². The van der Waals surface area contributed by atoms with Gasteiger partial charge in [0.05, 0.1) is 17.3 Å². The first-order valence-corrected chi connectivity index (χ1v) is 8.99. The molecule has 2 saturated heterocycles. The fourth-order valence-electron chi connectivity index (χ4n) is 3.36. The number of nitrogens with zero attached hydrogens (tertiary/aromatic N) is 2. The van der Waals surface area contributed by atoms with Gasteiger partial charge in [-0.3, -0.25) is 4.79 Å². The summed E-state index contributed by atoms with van der Waals surface area (Å²) in [6.07, 6.45) is 6.35. The molecule has 5 nitrogen and oxygen atoms in total. The van der Waals surface area contributed by atoms with Gasteiger partial charge in [0.1, 0.15) is 5.03 Å². The van der Waals surface area contributed by atoms with Gasteiger partial charge in [-0.25, -0.2) is 4.98 Å². The van der Waals surface area contributed by atoms with Crippen molar-refractivity contribution in [2.75, 3.05) is 26.0 Å². The minimum atomic E-state index is -0.438. The third-order valence-electron chi connectivity index (χ3n) is 4.71. The number of carbonyl (C=O) groups excluding carboxylic acids is 1. The lowest BCUT2D eigenvalue weighted by molar-refractivity contribution is -0.174. The third-order valence-corrected chi connectivity index (χ3v) is 5.42. The maximum Gasteiger partial charge on any atom is 0.256 e. The Bertz CT molecular complexity index is 544. The van der Waals surface area contributed by atoms with E-state index in [2.05, 4.69) is 4.98 Å². The number of aliphatic hydroxyl groups is 1. The quantitative estimate of drug-likeness (QED) is 0.843. The van der Waals surface area contributed by atoms with Crippen LogP contribution < -0.4 is 0 Å². The minimum absolute atomic E-state index is 0.0256. The van der Waals surface area contributed by atoms with Crippen LogP contribution in [0.1, 0.15) is 36.0 Å². The van der Waals surface area contributed by atoms with E-state index in [-0.39, 0.29) is 5.91 Å². The van der Waals surface area contributed by atoms with Crippen LogP contribution in [0, 0.1) is 0 Å². The number of carbonyl (C=O) groups is 1. The van der Waals surface area contributed by atoms with Crippen molar-refractivity contribution in [3.63, 3.8) is 0 Å². The van der Waals surface area contributed by atoms with Crippen molar-refractivity contribution in [3.05, 3.63) is 23.9 Å². The van der Waals surface area contributed by atoms with Gasteiger partial charge >= 0.3 is 0 Å². The van der Waals surface area contributed by atoms with E-state index in [1.54, 1.807) is 12.3 Å². The SMILES string of the molecule is CSc1ncccc1C(=O)N1CCC2(CC1)OCCCC2O. The van der Waals surface area contributed by atoms with Crippen molar-refractivity contribution in [1.29, 1.82) is 0 Å². The highest BCUT2D eigenvalue weighted by Gasteiger charge is 2.44. The number of aliphatic hydroxyl groups excluding tert-OH is 1. The molecule has 2 aliphatic rings. The average Bonchev–Trinajstić information content (AvgIpc) is 2.58. The predicted octanol–water partition coefficient (Wildman–Crippen LogP) is 1.95. The zero-order chi connectivity index (χ0) is 15.6. The summed E-state index contributed by atoms with van der Waals surface area (Å²) in [7, 11) is 0. The smallest absolute Gasteiger partial charge is 0.256 e. The molecule has 0 aromatic carbocycles. The Hall–Kier alpha value is -1.11. The van der Waals surface area contributed by atoms with Crippen LogP contribution in [0.4, 0.5) is 0 Å². The fourth-order valence-corrected chi connectivity index (χ4v) is 3.91. The molecule has 1 atom stereocenters. The lowest BCUT2D eigenvalue weighted by atomic mass is 9.82. The Morgan fingerprint density at radius 2 is 2.27 bits per heavy atom. The van der Waals surface area contributed by atoms with Crippen molar-refractivity contribution in [3.8, 4) is 0 Å². The largest absolute Gasteiger partial charge is 0.390 e. The molecule has 2 aliphatic heterocycles. The summed E-state index contributed by atoms with van der Waals surface area (Å²) in [5.41, 5.74) is 0.225. The summed E-state index contributed by atoms with van der Waals surface area (Å²) in [6.45, 7) is 1.96. The Balaban J connectivity index is 1.69. The number of hydrogen-bond donors (Lipinski definition) is 1. The van der Waals surface area contributed by atoms with E-state index in [9.17, 15) is 9.90 Å². The van der Waals surface area contributed by atoms with E-state index < -0.39 is 11.7 Å². The molecule has 0 saturated carbocycles. The van der Waals surface area contributed by atoms with Crippen molar-refractivity contribution in [2.24, 2.45) is 0 Å². The van der Waals surface area contributed by atoms with E-state index in [1.807, 2.05) is 17.2 Å². The molecule has 22 heavy (non-hydrogen) atoms. The Labute approximate surface area is 135 Å². The molecule has 3 rings (SSSR count). The Morgan fingerprint density at radius 3 is 2.95 bits per heavy atom. The van der Waals surface area contributed by atoms with Gasteiger partial charge in [0.25, 0.3) is 5.91 Å². The van der Waals surface area contributed by atoms with Gasteiger partial charge in [0, 0.05) is 25.9 Å². The summed E-state index contributed by atoms with van der Waals surface area (Å²) in [5.74, 6) is 0.0256. The standard InChI is InChI=1S/C16H22N2O3S/c1-22-14-12(4-2-8-17-14)15(20)18-9-6-16(7-10-18)13(19)5-3-11-21-16/h2,4,8,13,19H,3,5-7,9-11H2,1H3. The molecule has 6 heteroatoms. The van der Waals surface area contributed by atoms with Crippen LogP contribution in [0.2, 0.25) is 0 Å². The van der Waals surface area contributed by atoms with E-state index in [0.717, 1.165) is 17.9 Å². The summed E-state index contributed by atoms with van der Waals surface area (Å²) >= 11 is 1.49. The van der Waals surface area contributed by atoms with Gasteiger partial charge in [-0.1, -0.05) is 0 Å². The highest BCUT2D eigenvalue weighted by atomic mass is 32.2. The van der Waals surface area contributed by atoms with Crippen LogP contribution in [0.5, 0.6) is 0 Å². The van der Waals surface area contributed by atoms with Crippen LogP contribution in [-0.4, -0.2) is 58.6 Å². The van der Waals surface area contributed by atoms with Gasteiger partial charge in [0.2, 0.25) is 0 Å². The molecule has 0 bridgehead atoms. The highest BCUT2D eigenvalue weighted by Crippen LogP contribution is 2.35. The molecule has 1 spiro atoms. The number of ether oxygens (including phenoxy) is 1. The van der Waals surface area contributed by atoms with Crippen LogP contribution in [0.15, 0.2) is 23.4 Å². The van der Waals surface area contributed by atoms with Crippen LogP contribution >= 0.6 is 11.8 Å². The van der Waals surface area contributed by atoms with Crippen molar-refractivity contribution < 1.29 is 14.6 Å². The van der Waals surface area contributed by atoms with Crippen molar-refractivity contribution in [2.45, 2.75) is 42.4 Å². The van der Waals surface area contributed by atoms with Gasteiger partial charge in [-0.2, -0.15) is 0 Å². The molecule has 0 aliphatic carbocycles. The lowest BCUT2D eigenvalue weighted by Crippen LogP contribution is -2.56. The number of rotatable bonds is 2. The summed E-state index contributed by atoms with van der Waals surface area (Å²) in [6, 6.07) is 3.63. The van der Waals surface area contributed by atoms with Gasteiger partial charge in [-0.15, -0.1) is 11.8 Å². The molecule has 0 radical (unpaired) electrons. The molecule has 120 valence electrons. The molecule has 1 amide bonds. The number of aromatic nitrogens is 1. The Kier molecular flexibility index (Phi) is 4.70. The lowest BCUT2D eigenvalue weighted by Gasteiger charge is -2.46. The van der Waals surface area contributed by atoms with E-state index in [0.29, 0.717) is 38.1 Å². The average molecular weight is 322 g/mol. The molecule has 2 fully saturated rings. The van der Waals surface area contributed by atoms with Crippen LogP contribution in [0.3, 0.4) is 0 Å². The first kappa shape index (κ1) is 15.8. The number of hydrogen-bond acceptors (Lipinski definition) is 5. The predicted molar refractivity (Wildman–Crippen MR) is 85.1 cm³/mol. The maximum atomic E-state index is 12.7. The second kappa shape index (κ2) is 6.56. The summed E-state index contributed by atoms with van der Waals surface area (Å²) in [4.78, 5) is 18.8. The van der Waals surface area contributed by atoms with Crippen LogP contribution in [0.25, 0.3) is 0 Å². The monoisotopic (exact) mass is 322 g/mol. The minimum Gasteiger partial charge on any atom is -0.390 e. The van der Waals surface area contributed by atoms with Crippen molar-refractivity contribution >= 4 is 17.7 Å². The number of thioether (sulfide) groups is 1. The Morgan fingerprint density at radius 1 is 1.50 bits per heavy atom. The highest BCUT2D eigenvalue weighted by molar-refractivity contribution is 7.98. The first-order chi connectivity index (χ1) is 10.7. The zero-order valence-electron chi connectivity index (χ0n) is 12.8. The third kappa shape index (κ3) is 2.87. The van der Waals surface area contributed by atoms with E-state index >= 15 is 0 Å². The normalized spacial score (nSPS) is 24.5. The molecule has 1 aromatic rings. The molecular weight excluding hydrogens is 300 g/mol. The van der Waals surface area contributed by atoms with Crippen LogP contribution in [-0.2, 0) is 4.74 Å². The van der Waals surface area contributed by atoms with Gasteiger partial charge in [0.15, 0.2) is 0 Å². The van der Waals surface area contributed by atoms with E-state index in [4.69, 9.17) is 4.74 Å². The number of likely N-dealkylation sites (tertiary alicyclic amines) is 1. The second-order valence-electron chi connectivity index (χ2n) is 5.92. The molecule has 3 heterocycles. The maximum absolute atomic E-state index is 12.7. The second-order valence-corrected chi connectivity index (χ2v) is 6.72.